The zero-order valence-corrected chi connectivity index (χ0v) is 47.8. The predicted octanol–water partition coefficient (Wildman–Crippen LogP) is 8.24. The van der Waals surface area contributed by atoms with Crippen LogP contribution in [0.3, 0.4) is 0 Å². The molecule has 2 atom stereocenters. The van der Waals surface area contributed by atoms with Crippen molar-refractivity contribution in [2.75, 3.05) is 92.1 Å². The van der Waals surface area contributed by atoms with E-state index in [1.165, 1.54) is 48.5 Å². The van der Waals surface area contributed by atoms with Crippen LogP contribution in [0.4, 0.5) is 35.9 Å². The number of nitrogens with one attached hydrogen (secondary N) is 6. The van der Waals surface area contributed by atoms with Crippen molar-refractivity contribution >= 4 is 55.3 Å². The normalized spacial score (nSPS) is 15.1. The van der Waals surface area contributed by atoms with Gasteiger partial charge in [0, 0.05) is 71.6 Å². The van der Waals surface area contributed by atoms with Crippen molar-refractivity contribution in [2.45, 2.75) is 87.1 Å². The number of carbonyl (C=O) groups is 2. The maximum atomic E-state index is 13.0. The lowest BCUT2D eigenvalue weighted by molar-refractivity contribution is -0.275. The number of aryl methyl sites for hydroxylation is 2. The van der Waals surface area contributed by atoms with Crippen molar-refractivity contribution in [3.8, 4) is 23.0 Å². The lowest BCUT2D eigenvalue weighted by Gasteiger charge is -2.19. The summed E-state index contributed by atoms with van der Waals surface area (Å²) in [5, 5.41) is 10.9. The largest absolute Gasteiger partial charge is 0.573 e. The van der Waals surface area contributed by atoms with E-state index in [4.69, 9.17) is 51.6 Å². The topological polar surface area (TPSA) is 248 Å². The van der Waals surface area contributed by atoms with Gasteiger partial charge in [0.1, 0.15) is 35.2 Å². The van der Waals surface area contributed by atoms with Crippen LogP contribution in [0.1, 0.15) is 71.3 Å². The smallest absolute Gasteiger partial charge is 0.485 e. The Labute approximate surface area is 480 Å². The monoisotopic (exact) mass is 1240 g/mol. The van der Waals surface area contributed by atoms with E-state index in [1.54, 1.807) is 13.8 Å². The number of halogens is 8. The van der Waals surface area contributed by atoms with Crippen LogP contribution < -0.4 is 49.7 Å². The van der Waals surface area contributed by atoms with Crippen LogP contribution in [-0.2, 0) is 51.8 Å². The summed E-state index contributed by atoms with van der Waals surface area (Å²) in [7, 11) is -7.82. The van der Waals surface area contributed by atoms with E-state index in [-0.39, 0.29) is 135 Å². The van der Waals surface area contributed by atoms with Gasteiger partial charge in [-0.1, -0.05) is 23.2 Å². The Morgan fingerprint density at radius 3 is 1.21 bits per heavy atom. The average molecular weight is 1250 g/mol. The minimum Gasteiger partial charge on any atom is -0.485 e. The molecule has 0 saturated carbocycles. The first-order valence-electron chi connectivity index (χ1n) is 25.9. The molecule has 0 saturated heterocycles. The van der Waals surface area contributed by atoms with Gasteiger partial charge in [-0.2, -0.15) is 0 Å². The maximum Gasteiger partial charge on any atom is 0.573 e. The molecular formula is C52H64Cl2F6N6O14S2. The second-order valence-electron chi connectivity index (χ2n) is 18.5. The number of ether oxygens (including phenoxy) is 8. The SMILES string of the molecule is Cc1cc(S(=O)(=O)NCCOCCOCCNC(=O)NCCCCNC(=O)NCCOCCOCCNS(=O)(=O)c2ccc(O[C@@H]3CCc4c(OC(F)(F)F)cc(Cl)cc43)c(C)c2)ccc1O[C@@H]1CCc2c(OC(F)(F)F)cc(Cl)cc21. The number of alkyl halides is 6. The molecule has 30 heteroatoms. The first-order valence-corrected chi connectivity index (χ1v) is 29.6. The number of fused-ring (bicyclic) bond motifs is 2. The molecule has 82 heavy (non-hydrogen) atoms. The Balaban J connectivity index is 0.704. The second kappa shape index (κ2) is 30.8. The van der Waals surface area contributed by atoms with Crippen molar-refractivity contribution in [2.24, 2.45) is 0 Å². The number of unbranched alkanes of at least 4 members (excludes halogenated alkanes) is 1. The number of hydrogen-bond donors (Lipinski definition) is 6. The van der Waals surface area contributed by atoms with Gasteiger partial charge in [-0.25, -0.2) is 35.9 Å². The number of amides is 4. The highest BCUT2D eigenvalue weighted by Gasteiger charge is 2.37. The minimum atomic E-state index is -4.89. The summed E-state index contributed by atoms with van der Waals surface area (Å²) >= 11 is 12.2. The first kappa shape index (κ1) is 65.6. The van der Waals surface area contributed by atoms with Gasteiger partial charge in [-0.05, 0) is 124 Å². The molecule has 0 heterocycles. The summed E-state index contributed by atoms with van der Waals surface area (Å²) in [5.74, 6) is -0.0376. The van der Waals surface area contributed by atoms with Crippen molar-refractivity contribution in [1.82, 2.24) is 30.7 Å². The molecule has 0 radical (unpaired) electrons. The Kier molecular flexibility index (Phi) is 24.7. The number of carbonyl (C=O) groups excluding carboxylic acids is 2. The highest BCUT2D eigenvalue weighted by Crippen LogP contribution is 2.45. The van der Waals surface area contributed by atoms with Gasteiger partial charge in [-0.3, -0.25) is 0 Å². The van der Waals surface area contributed by atoms with Crippen molar-refractivity contribution < 1.29 is 90.7 Å². The minimum absolute atomic E-state index is 0.0143. The van der Waals surface area contributed by atoms with E-state index >= 15 is 0 Å². The Morgan fingerprint density at radius 1 is 0.500 bits per heavy atom. The standard InChI is InChI=1S/C52H64Cl2F6N6O14S2/c1-33-27-37(5-9-43(33)77-45-11-7-39-41(45)29-35(53)31-47(39)79-51(55,56)57)81(69,70)65-17-21-75-25-23-73-19-15-63-49(67)61-13-3-4-14-62-50(68)64-16-20-74-24-26-76-22-18-66-82(71,72)38-6-10-44(34(2)28-38)78-46-12-8-40-42(46)30-36(54)32-48(40)80-52(58,59)60/h5-6,9-10,27-32,45-46,65-66H,3-4,7-8,11-26H2,1-2H3,(H2,61,63,67)(H2,62,64,68)/t45-,46-/m1/s1. The molecule has 0 aliphatic heterocycles. The molecule has 0 unspecified atom stereocenters. The number of benzene rings is 4. The zero-order chi connectivity index (χ0) is 59.5. The summed E-state index contributed by atoms with van der Waals surface area (Å²) in [5.41, 5.74) is 2.62. The van der Waals surface area contributed by atoms with Crippen LogP contribution in [-0.4, -0.2) is 134 Å². The summed E-state index contributed by atoms with van der Waals surface area (Å²) in [6.07, 6.45) is -8.51. The molecule has 0 spiro atoms. The predicted molar refractivity (Wildman–Crippen MR) is 288 cm³/mol. The molecule has 0 bridgehead atoms. The molecule has 4 aromatic carbocycles. The lowest BCUT2D eigenvalue weighted by atomic mass is 10.1. The number of rotatable bonds is 33. The summed E-state index contributed by atoms with van der Waals surface area (Å²) in [4.78, 5) is 24.1. The van der Waals surface area contributed by atoms with Crippen LogP contribution in [0, 0.1) is 13.8 Å². The van der Waals surface area contributed by atoms with Crippen LogP contribution in [0.5, 0.6) is 23.0 Å². The van der Waals surface area contributed by atoms with E-state index in [1.807, 2.05) is 0 Å². The van der Waals surface area contributed by atoms with Crippen LogP contribution >= 0.6 is 23.2 Å². The summed E-state index contributed by atoms with van der Waals surface area (Å²) in [6.45, 7) is 5.75. The van der Waals surface area contributed by atoms with Crippen LogP contribution in [0.2, 0.25) is 10.0 Å². The fourth-order valence-corrected chi connectivity index (χ4v) is 11.2. The molecule has 2 aliphatic rings. The highest BCUT2D eigenvalue weighted by molar-refractivity contribution is 7.89. The highest BCUT2D eigenvalue weighted by atomic mass is 35.5. The van der Waals surface area contributed by atoms with E-state index in [2.05, 4.69) is 40.2 Å². The van der Waals surface area contributed by atoms with Crippen molar-refractivity contribution in [3.05, 3.63) is 104 Å². The fourth-order valence-electron chi connectivity index (χ4n) is 8.62. The average Bonchev–Trinajstić information content (AvgIpc) is 4.06. The zero-order valence-electron chi connectivity index (χ0n) is 44.6. The third-order valence-corrected chi connectivity index (χ3v) is 15.7. The molecule has 454 valence electrons. The molecule has 2 aliphatic carbocycles. The van der Waals surface area contributed by atoms with Crippen LogP contribution in [0.15, 0.2) is 70.5 Å². The third kappa shape index (κ3) is 21.3. The molecule has 6 rings (SSSR count). The van der Waals surface area contributed by atoms with Crippen molar-refractivity contribution in [3.63, 3.8) is 0 Å². The Bertz CT molecular complexity index is 2820. The van der Waals surface area contributed by atoms with Gasteiger partial charge in [0.25, 0.3) is 0 Å². The molecular weight excluding hydrogens is 1180 g/mol. The van der Waals surface area contributed by atoms with E-state index < -0.39 is 45.0 Å². The Morgan fingerprint density at radius 2 is 0.854 bits per heavy atom. The molecule has 4 aromatic rings. The third-order valence-electron chi connectivity index (χ3n) is 12.4. The van der Waals surface area contributed by atoms with Gasteiger partial charge in [-0.15, -0.1) is 26.3 Å². The van der Waals surface area contributed by atoms with E-state index in [9.17, 15) is 52.8 Å². The van der Waals surface area contributed by atoms with Crippen LogP contribution in [0.25, 0.3) is 0 Å². The summed E-state index contributed by atoms with van der Waals surface area (Å²) in [6, 6.07) is 13.1. The van der Waals surface area contributed by atoms with Gasteiger partial charge >= 0.3 is 24.8 Å². The maximum absolute atomic E-state index is 13.0. The fraction of sp³-hybridized carbons (Fsp3) is 0.500. The van der Waals surface area contributed by atoms with Crippen molar-refractivity contribution in [1.29, 1.82) is 0 Å². The summed E-state index contributed by atoms with van der Waals surface area (Å²) < 4.78 is 177. The Hall–Kier alpha value is -5.56. The number of hydrogen-bond acceptors (Lipinski definition) is 14. The van der Waals surface area contributed by atoms with E-state index in [0.29, 0.717) is 83.7 Å². The molecule has 0 aromatic heterocycles. The second-order valence-corrected chi connectivity index (χ2v) is 22.9. The first-order chi connectivity index (χ1) is 38.9. The van der Waals surface area contributed by atoms with Gasteiger partial charge in [0.15, 0.2) is 0 Å². The van der Waals surface area contributed by atoms with Gasteiger partial charge < -0.3 is 59.2 Å². The lowest BCUT2D eigenvalue weighted by Crippen LogP contribution is -2.39. The molecule has 6 N–H and O–H groups in total. The number of urea groups is 2. The number of sulfonamides is 2. The van der Waals surface area contributed by atoms with Gasteiger partial charge in [0.2, 0.25) is 20.0 Å². The quantitative estimate of drug-likeness (QED) is 0.0194. The molecule has 20 nitrogen and oxygen atoms in total. The molecule has 4 amide bonds. The van der Waals surface area contributed by atoms with E-state index in [0.717, 1.165) is 12.1 Å². The molecule has 0 fully saturated rings. The van der Waals surface area contributed by atoms with Gasteiger partial charge in [0.05, 0.1) is 62.6 Å².